The summed E-state index contributed by atoms with van der Waals surface area (Å²) in [6.45, 7) is 34.4. The number of hydrogen-bond acceptors (Lipinski definition) is 5. The molecule has 0 heterocycles. The van der Waals surface area contributed by atoms with Gasteiger partial charge in [0.15, 0.2) is 0 Å². The molecule has 0 aromatic heterocycles. The van der Waals surface area contributed by atoms with Crippen LogP contribution in [0.2, 0.25) is 0 Å². The molecule has 0 saturated heterocycles. The van der Waals surface area contributed by atoms with E-state index >= 15 is 0 Å². The van der Waals surface area contributed by atoms with Gasteiger partial charge in [-0.1, -0.05) is 6.58 Å². The fourth-order valence-corrected chi connectivity index (χ4v) is 6.84. The molecule has 0 spiro atoms. The monoisotopic (exact) mass is 446 g/mol. The first kappa shape index (κ1) is 30.6. The van der Waals surface area contributed by atoms with Gasteiger partial charge in [-0.25, -0.2) is 0 Å². The highest BCUT2D eigenvalue weighted by atomic mass is 28.4. The molecule has 0 fully saturated rings. The van der Waals surface area contributed by atoms with Crippen LogP contribution in [0.4, 0.5) is 0 Å². The van der Waals surface area contributed by atoms with Crippen molar-refractivity contribution in [3.05, 3.63) is 36.8 Å². The van der Waals surface area contributed by atoms with Crippen molar-refractivity contribution in [1.82, 2.24) is 0 Å². The average molecular weight is 447 g/mol. The second-order valence-electron chi connectivity index (χ2n) is 9.45. The molecule has 5 nitrogen and oxygen atoms in total. The van der Waals surface area contributed by atoms with E-state index in [9.17, 15) is 0 Å². The largest absolute Gasteiger partial charge is 0.530 e. The molecule has 0 atom stereocenters. The smallest absolute Gasteiger partial charge is 0.389 e. The molecule has 0 aromatic rings. The standard InChI is InChI=1S/C14H30O3Si.C8H16O2Si/c1-11-18(15-12(2,3)4,16-13(5,6)7)17-14(8,9)10;1-5-9-11(7-3,8-4)10-6-2/h11H,1H2,2-10H3;7-8H,3-6H2,1-2H3. The molecule has 0 aliphatic carbocycles. The van der Waals surface area contributed by atoms with Gasteiger partial charge in [0.05, 0.1) is 16.8 Å². The molecule has 0 amide bonds. The summed E-state index contributed by atoms with van der Waals surface area (Å²) >= 11 is 0. The van der Waals surface area contributed by atoms with E-state index in [2.05, 4.69) is 19.7 Å². The minimum Gasteiger partial charge on any atom is -0.389 e. The lowest BCUT2D eigenvalue weighted by Gasteiger charge is -2.41. The molecular formula is C22H46O5Si2. The number of hydrogen-bond donors (Lipinski definition) is 0. The minimum absolute atomic E-state index is 0.336. The van der Waals surface area contributed by atoms with Gasteiger partial charge < -0.3 is 22.1 Å². The van der Waals surface area contributed by atoms with Crippen LogP contribution >= 0.6 is 0 Å². The third-order valence-corrected chi connectivity index (χ3v) is 8.71. The van der Waals surface area contributed by atoms with Crippen LogP contribution in [0.1, 0.15) is 76.2 Å². The van der Waals surface area contributed by atoms with E-state index < -0.39 is 17.4 Å². The summed E-state index contributed by atoms with van der Waals surface area (Å²) in [5, 5.41) is 0. The van der Waals surface area contributed by atoms with Crippen LogP contribution in [0.5, 0.6) is 0 Å². The maximum atomic E-state index is 6.10. The van der Waals surface area contributed by atoms with E-state index in [1.165, 1.54) is 0 Å². The Hall–Kier alpha value is -0.546. The molecule has 0 saturated carbocycles. The van der Waals surface area contributed by atoms with Gasteiger partial charge in [-0.3, -0.25) is 0 Å². The van der Waals surface area contributed by atoms with Crippen LogP contribution in [0.25, 0.3) is 0 Å². The first-order chi connectivity index (χ1) is 12.9. The van der Waals surface area contributed by atoms with Crippen LogP contribution in [0.3, 0.4) is 0 Å². The molecule has 0 aliphatic rings. The molecule has 172 valence electrons. The molecule has 0 N–H and O–H groups in total. The third kappa shape index (κ3) is 15.0. The SMILES string of the molecule is C=C[Si](C=C)(OCC)OCC.C=C[Si](OC(C)(C)C)(OC(C)(C)C)OC(C)(C)C. The van der Waals surface area contributed by atoms with Crippen molar-refractivity contribution in [2.45, 2.75) is 93.0 Å². The molecule has 0 unspecified atom stereocenters. The Morgan fingerprint density at radius 1 is 0.586 bits per heavy atom. The lowest BCUT2D eigenvalue weighted by Crippen LogP contribution is -2.56. The average Bonchev–Trinajstić information content (AvgIpc) is 2.50. The van der Waals surface area contributed by atoms with Crippen molar-refractivity contribution in [3.63, 3.8) is 0 Å². The van der Waals surface area contributed by atoms with Gasteiger partial charge in [0.25, 0.3) is 0 Å². The van der Waals surface area contributed by atoms with Crippen LogP contribution in [0, 0.1) is 0 Å². The third-order valence-electron chi connectivity index (χ3n) is 2.90. The Balaban J connectivity index is 0. The molecule has 0 rings (SSSR count). The second kappa shape index (κ2) is 12.3. The summed E-state index contributed by atoms with van der Waals surface area (Å²) in [5.74, 6) is 0. The molecule has 29 heavy (non-hydrogen) atoms. The first-order valence-electron chi connectivity index (χ1n) is 10.2. The van der Waals surface area contributed by atoms with E-state index in [1.807, 2.05) is 76.2 Å². The topological polar surface area (TPSA) is 46.2 Å². The van der Waals surface area contributed by atoms with Crippen molar-refractivity contribution in [3.8, 4) is 0 Å². The molecular weight excluding hydrogens is 400 g/mol. The maximum Gasteiger partial charge on any atom is 0.530 e. The Morgan fingerprint density at radius 3 is 1.00 bits per heavy atom. The summed E-state index contributed by atoms with van der Waals surface area (Å²) in [6, 6.07) is 0. The van der Waals surface area contributed by atoms with Gasteiger partial charge in [-0.15, -0.1) is 13.2 Å². The van der Waals surface area contributed by atoms with Gasteiger partial charge in [-0.2, -0.15) is 0 Å². The van der Waals surface area contributed by atoms with Gasteiger partial charge in [0, 0.05) is 13.2 Å². The fraction of sp³-hybridized carbons (Fsp3) is 0.727. The highest BCUT2D eigenvalue weighted by Gasteiger charge is 2.47. The van der Waals surface area contributed by atoms with E-state index in [0.29, 0.717) is 13.2 Å². The Bertz CT molecular complexity index is 442. The Morgan fingerprint density at radius 2 is 0.862 bits per heavy atom. The Labute approximate surface area is 182 Å². The van der Waals surface area contributed by atoms with E-state index in [-0.39, 0.29) is 16.8 Å². The van der Waals surface area contributed by atoms with E-state index in [1.54, 1.807) is 17.1 Å². The summed E-state index contributed by atoms with van der Waals surface area (Å²) < 4.78 is 29.2. The van der Waals surface area contributed by atoms with Crippen LogP contribution in [0.15, 0.2) is 36.8 Å². The maximum absolute atomic E-state index is 6.10. The van der Waals surface area contributed by atoms with Gasteiger partial charge in [0.1, 0.15) is 0 Å². The lowest BCUT2D eigenvalue weighted by atomic mass is 10.2. The zero-order valence-corrected chi connectivity index (χ0v) is 22.8. The minimum atomic E-state index is -2.91. The summed E-state index contributed by atoms with van der Waals surface area (Å²) in [4.78, 5) is 0. The first-order valence-corrected chi connectivity index (χ1v) is 14.0. The van der Waals surface area contributed by atoms with Crippen molar-refractivity contribution in [2.24, 2.45) is 0 Å². The molecule has 0 aliphatic heterocycles. The fourth-order valence-electron chi connectivity index (χ4n) is 2.28. The van der Waals surface area contributed by atoms with Crippen molar-refractivity contribution in [1.29, 1.82) is 0 Å². The number of rotatable bonds is 10. The van der Waals surface area contributed by atoms with Crippen molar-refractivity contribution >= 4 is 17.4 Å². The van der Waals surface area contributed by atoms with Gasteiger partial charge in [0.2, 0.25) is 0 Å². The lowest BCUT2D eigenvalue weighted by molar-refractivity contribution is -0.0666. The zero-order valence-electron chi connectivity index (χ0n) is 20.8. The zero-order chi connectivity index (χ0) is 23.6. The van der Waals surface area contributed by atoms with Crippen molar-refractivity contribution in [2.75, 3.05) is 13.2 Å². The van der Waals surface area contributed by atoms with E-state index in [4.69, 9.17) is 22.1 Å². The van der Waals surface area contributed by atoms with E-state index in [0.717, 1.165) is 0 Å². The van der Waals surface area contributed by atoms with Crippen LogP contribution in [-0.2, 0) is 22.1 Å². The van der Waals surface area contributed by atoms with Crippen LogP contribution < -0.4 is 0 Å². The normalized spacial score (nSPS) is 13.3. The van der Waals surface area contributed by atoms with Crippen molar-refractivity contribution < 1.29 is 22.1 Å². The molecule has 0 aromatic carbocycles. The van der Waals surface area contributed by atoms with Gasteiger partial charge >= 0.3 is 17.4 Å². The quantitative estimate of drug-likeness (QED) is 0.382. The highest BCUT2D eigenvalue weighted by Crippen LogP contribution is 2.29. The predicted octanol–water partition coefficient (Wildman–Crippen LogP) is 6.05. The summed E-state index contributed by atoms with van der Waals surface area (Å²) in [7, 11) is -5.13. The summed E-state index contributed by atoms with van der Waals surface area (Å²) in [6.07, 6.45) is 0. The molecule has 7 heteroatoms. The highest BCUT2D eigenvalue weighted by molar-refractivity contribution is 6.77. The Kier molecular flexibility index (Phi) is 13.0. The summed E-state index contributed by atoms with van der Waals surface area (Å²) in [5.41, 5.74) is 4.19. The molecule has 0 radical (unpaired) electrons. The predicted molar refractivity (Wildman–Crippen MR) is 128 cm³/mol. The van der Waals surface area contributed by atoms with Crippen LogP contribution in [-0.4, -0.2) is 47.4 Å². The molecule has 0 bridgehead atoms. The van der Waals surface area contributed by atoms with Gasteiger partial charge in [-0.05, 0) is 93.3 Å². The second-order valence-corrected chi connectivity index (χ2v) is 14.5.